The highest BCUT2D eigenvalue weighted by atomic mass is 16.5. The van der Waals surface area contributed by atoms with Crippen LogP contribution in [0.1, 0.15) is 44.5 Å². The maximum absolute atomic E-state index is 6.33. The number of hydrogen-bond acceptors (Lipinski definition) is 4. The zero-order valence-corrected chi connectivity index (χ0v) is 35.5. The third kappa shape index (κ3) is 13.3. The third-order valence-corrected chi connectivity index (χ3v) is 10.3. The van der Waals surface area contributed by atoms with Gasteiger partial charge in [0.1, 0.15) is 75.6 Å². The van der Waals surface area contributed by atoms with Crippen molar-refractivity contribution in [2.24, 2.45) is 0 Å². The van der Waals surface area contributed by atoms with Crippen molar-refractivity contribution in [3.05, 3.63) is 226 Å². The zero-order valence-electron chi connectivity index (χ0n) is 35.5. The van der Waals surface area contributed by atoms with Gasteiger partial charge in [0, 0.05) is 34.4 Å². The first-order valence-corrected chi connectivity index (χ1v) is 20.8. The average molecular weight is 799 g/mol. The fraction of sp³-hybridized carbons (Fsp3) is 0.222. The Bertz CT molecular complexity index is 2090. The minimum atomic E-state index is 0.499. The van der Waals surface area contributed by atoms with Crippen molar-refractivity contribution < 1.29 is 27.9 Å². The van der Waals surface area contributed by atoms with Crippen molar-refractivity contribution in [1.29, 1.82) is 0 Å². The number of benzene rings is 7. The Morgan fingerprint density at radius 1 is 0.267 bits per heavy atom. The zero-order chi connectivity index (χ0) is 41.6. The molecule has 0 aromatic heterocycles. The van der Waals surface area contributed by atoms with Gasteiger partial charge in [0.2, 0.25) is 0 Å². The number of rotatable bonds is 20. The minimum Gasteiger partial charge on any atom is -0.489 e. The molecule has 0 heterocycles. The Labute approximate surface area is 357 Å². The van der Waals surface area contributed by atoms with Crippen LogP contribution in [-0.4, -0.2) is 37.2 Å². The molecule has 0 radical (unpaired) electrons. The highest BCUT2D eigenvalue weighted by Gasteiger charge is 2.22. The van der Waals surface area contributed by atoms with Crippen LogP contribution in [0.3, 0.4) is 0 Å². The molecule has 0 atom stereocenters. The first kappa shape index (κ1) is 41.8. The molecule has 0 spiro atoms. The molecule has 0 N–H and O–H groups in total. The molecule has 306 valence electrons. The lowest BCUT2D eigenvalue weighted by Gasteiger charge is -2.32. The van der Waals surface area contributed by atoms with Crippen molar-refractivity contribution in [2.75, 3.05) is 28.2 Å². The Balaban J connectivity index is 1.02. The normalized spacial score (nSPS) is 11.5. The van der Waals surface area contributed by atoms with E-state index in [9.17, 15) is 0 Å². The standard InChI is InChI=1S/C54H58N2O4/c1-55(2,37-49-29-51(57-39-43-18-9-5-10-19-43)33-52(30-49)58-40-44-20-11-6-12-21-44)35-47-26-17-27-48(28-47)36-56(3,4)38-50-31-53(59-41-45-22-13-7-14-23-45)34-54(32-50)60-42-46-24-15-8-16-25-46/h5-34H,35-42H2,1-4H3/q+2. The number of ether oxygens (including phenoxy) is 4. The van der Waals surface area contributed by atoms with Crippen LogP contribution in [0.4, 0.5) is 0 Å². The van der Waals surface area contributed by atoms with Crippen LogP contribution in [0.15, 0.2) is 182 Å². The summed E-state index contributed by atoms with van der Waals surface area (Å²) in [4.78, 5) is 0. The van der Waals surface area contributed by atoms with Gasteiger partial charge in [-0.1, -0.05) is 140 Å². The van der Waals surface area contributed by atoms with Crippen LogP contribution >= 0.6 is 0 Å². The van der Waals surface area contributed by atoms with Crippen LogP contribution in [0.5, 0.6) is 23.0 Å². The monoisotopic (exact) mass is 798 g/mol. The Morgan fingerprint density at radius 3 is 0.800 bits per heavy atom. The Kier molecular flexibility index (Phi) is 14.0. The van der Waals surface area contributed by atoms with Crippen molar-refractivity contribution in [3.63, 3.8) is 0 Å². The van der Waals surface area contributed by atoms with E-state index >= 15 is 0 Å². The first-order valence-electron chi connectivity index (χ1n) is 20.8. The molecule has 0 bridgehead atoms. The van der Waals surface area contributed by atoms with Gasteiger partial charge in [-0.05, 0) is 52.6 Å². The molecule has 0 aliphatic carbocycles. The quantitative estimate of drug-likeness (QED) is 0.0720. The van der Waals surface area contributed by atoms with Crippen molar-refractivity contribution >= 4 is 0 Å². The van der Waals surface area contributed by atoms with E-state index in [1.165, 1.54) is 22.3 Å². The van der Waals surface area contributed by atoms with Crippen LogP contribution in [0, 0.1) is 0 Å². The number of quaternary nitrogens is 2. The van der Waals surface area contributed by atoms with Gasteiger partial charge in [-0.3, -0.25) is 0 Å². The van der Waals surface area contributed by atoms with Gasteiger partial charge in [-0.2, -0.15) is 0 Å². The van der Waals surface area contributed by atoms with Gasteiger partial charge in [-0.15, -0.1) is 0 Å². The predicted molar refractivity (Wildman–Crippen MR) is 241 cm³/mol. The molecule has 0 aliphatic rings. The molecule has 0 amide bonds. The van der Waals surface area contributed by atoms with E-state index in [1.54, 1.807) is 0 Å². The van der Waals surface area contributed by atoms with E-state index < -0.39 is 0 Å². The fourth-order valence-corrected chi connectivity index (χ4v) is 7.66. The second-order valence-electron chi connectivity index (χ2n) is 17.0. The summed E-state index contributed by atoms with van der Waals surface area (Å²) < 4.78 is 26.9. The van der Waals surface area contributed by atoms with E-state index in [-0.39, 0.29) is 0 Å². The minimum absolute atomic E-state index is 0.499. The average Bonchev–Trinajstić information content (AvgIpc) is 3.24. The topological polar surface area (TPSA) is 36.9 Å². The van der Waals surface area contributed by atoms with Gasteiger partial charge in [0.15, 0.2) is 0 Å². The first-order chi connectivity index (χ1) is 29.1. The summed E-state index contributed by atoms with van der Waals surface area (Å²) >= 11 is 0. The second-order valence-corrected chi connectivity index (χ2v) is 17.0. The lowest BCUT2D eigenvalue weighted by atomic mass is 10.1. The maximum atomic E-state index is 6.33. The molecule has 7 rings (SSSR count). The molecule has 6 nitrogen and oxygen atoms in total. The van der Waals surface area contributed by atoms with Crippen molar-refractivity contribution in [1.82, 2.24) is 0 Å². The highest BCUT2D eigenvalue weighted by Crippen LogP contribution is 2.29. The van der Waals surface area contributed by atoms with Crippen LogP contribution in [0.2, 0.25) is 0 Å². The molecular weight excluding hydrogens is 741 g/mol. The molecule has 0 fully saturated rings. The predicted octanol–water partition coefficient (Wildman–Crippen LogP) is 11.6. The SMILES string of the molecule is C[N+](C)(Cc1cccc(C[N+](C)(C)Cc2cc(OCc3ccccc3)cc(OCc3ccccc3)c2)c1)Cc1cc(OCc2ccccc2)cc(OCc2ccccc2)c1. The largest absolute Gasteiger partial charge is 0.489 e. The molecule has 6 heteroatoms. The Morgan fingerprint density at radius 2 is 0.517 bits per heavy atom. The van der Waals surface area contributed by atoms with Crippen LogP contribution < -0.4 is 18.9 Å². The summed E-state index contributed by atoms with van der Waals surface area (Å²) in [5, 5.41) is 0. The number of nitrogens with zero attached hydrogens (tertiary/aromatic N) is 2. The third-order valence-electron chi connectivity index (χ3n) is 10.3. The summed E-state index contributed by atoms with van der Waals surface area (Å²) in [5.41, 5.74) is 9.48. The molecule has 7 aromatic rings. The number of hydrogen-bond donors (Lipinski definition) is 0. The molecular formula is C54H58N2O4+2. The van der Waals surface area contributed by atoms with Crippen LogP contribution in [0.25, 0.3) is 0 Å². The van der Waals surface area contributed by atoms with Gasteiger partial charge >= 0.3 is 0 Å². The van der Waals surface area contributed by atoms with E-state index in [0.29, 0.717) is 26.4 Å². The fourth-order valence-electron chi connectivity index (χ4n) is 7.66. The lowest BCUT2D eigenvalue weighted by molar-refractivity contribution is -0.917. The summed E-state index contributed by atoms with van der Waals surface area (Å²) in [6, 6.07) is 62.9. The van der Waals surface area contributed by atoms with Gasteiger partial charge in [0.05, 0.1) is 28.2 Å². The molecule has 0 saturated carbocycles. The molecule has 0 saturated heterocycles. The van der Waals surface area contributed by atoms with E-state index in [4.69, 9.17) is 18.9 Å². The van der Waals surface area contributed by atoms with E-state index in [1.807, 2.05) is 84.9 Å². The maximum Gasteiger partial charge on any atom is 0.124 e. The molecule has 0 aliphatic heterocycles. The molecule has 0 unspecified atom stereocenters. The highest BCUT2D eigenvalue weighted by molar-refractivity contribution is 5.40. The van der Waals surface area contributed by atoms with E-state index in [0.717, 1.165) is 80.4 Å². The van der Waals surface area contributed by atoms with Crippen molar-refractivity contribution in [3.8, 4) is 23.0 Å². The summed E-state index contributed by atoms with van der Waals surface area (Å²) in [5.74, 6) is 3.24. The van der Waals surface area contributed by atoms with E-state index in [2.05, 4.69) is 125 Å². The molecule has 7 aromatic carbocycles. The summed E-state index contributed by atoms with van der Waals surface area (Å²) in [7, 11) is 9.16. The van der Waals surface area contributed by atoms with Gasteiger partial charge in [-0.25, -0.2) is 0 Å². The molecule has 60 heavy (non-hydrogen) atoms. The summed E-state index contributed by atoms with van der Waals surface area (Å²) in [6.45, 7) is 5.37. The van der Waals surface area contributed by atoms with Gasteiger partial charge in [0.25, 0.3) is 0 Å². The lowest BCUT2D eigenvalue weighted by Crippen LogP contribution is -2.38. The van der Waals surface area contributed by atoms with Crippen molar-refractivity contribution in [2.45, 2.75) is 52.6 Å². The smallest absolute Gasteiger partial charge is 0.124 e. The van der Waals surface area contributed by atoms with Gasteiger partial charge < -0.3 is 27.9 Å². The van der Waals surface area contributed by atoms with Crippen LogP contribution in [-0.2, 0) is 52.6 Å². The second kappa shape index (κ2) is 20.1. The Hall–Kier alpha value is -6.34. The summed E-state index contributed by atoms with van der Waals surface area (Å²) in [6.07, 6.45) is 0.